The van der Waals surface area contributed by atoms with Crippen LogP contribution in [0.15, 0.2) is 65.3 Å². The summed E-state index contributed by atoms with van der Waals surface area (Å²) in [5.74, 6) is 1.56. The summed E-state index contributed by atoms with van der Waals surface area (Å²) in [6.07, 6.45) is 1.87. The molecule has 2 aromatic heterocycles. The molecule has 0 atom stereocenters. The molecule has 0 N–H and O–H groups in total. The van der Waals surface area contributed by atoms with Crippen LogP contribution in [-0.4, -0.2) is 43.2 Å². The fourth-order valence-corrected chi connectivity index (χ4v) is 4.85. The van der Waals surface area contributed by atoms with Crippen molar-refractivity contribution < 1.29 is 22.3 Å². The topological polar surface area (TPSA) is 96.5 Å². The minimum atomic E-state index is -3.54. The molecule has 0 aliphatic heterocycles. The van der Waals surface area contributed by atoms with E-state index in [1.807, 2.05) is 12.1 Å². The largest absolute Gasteiger partial charge is 0.494 e. The van der Waals surface area contributed by atoms with Crippen molar-refractivity contribution in [2.24, 2.45) is 0 Å². The second-order valence-corrected chi connectivity index (χ2v) is 9.85. The first kappa shape index (κ1) is 22.9. The van der Waals surface area contributed by atoms with Gasteiger partial charge in [0.25, 0.3) is 0 Å². The van der Waals surface area contributed by atoms with Crippen molar-refractivity contribution in [3.63, 3.8) is 0 Å². The van der Waals surface area contributed by atoms with Gasteiger partial charge in [-0.15, -0.1) is 10.2 Å². The highest BCUT2D eigenvalue weighted by atomic mass is 35.5. The summed E-state index contributed by atoms with van der Waals surface area (Å²) in [7, 11) is -0.486. The molecular formula is C23H22ClN3O5S. The number of hydrogen-bond donors (Lipinski definition) is 0. The summed E-state index contributed by atoms with van der Waals surface area (Å²) in [6.45, 7) is 0. The highest BCUT2D eigenvalue weighted by Gasteiger charge is 2.26. The van der Waals surface area contributed by atoms with Crippen molar-refractivity contribution in [1.82, 2.24) is 14.8 Å². The Hall–Kier alpha value is -3.30. The zero-order valence-corrected chi connectivity index (χ0v) is 19.6. The van der Waals surface area contributed by atoms with Gasteiger partial charge in [0.05, 0.1) is 26.2 Å². The Kier molecular flexibility index (Phi) is 6.71. The number of ether oxygens (including phenoxy) is 2. The molecule has 0 spiro atoms. The summed E-state index contributed by atoms with van der Waals surface area (Å²) in [5, 5.41) is 9.03. The predicted molar refractivity (Wildman–Crippen MR) is 125 cm³/mol. The molecule has 33 heavy (non-hydrogen) atoms. The Labute approximate surface area is 196 Å². The first-order chi connectivity index (χ1) is 15.9. The summed E-state index contributed by atoms with van der Waals surface area (Å²) in [4.78, 5) is 0. The smallest absolute Gasteiger partial charge is 0.204 e. The average molecular weight is 488 g/mol. The van der Waals surface area contributed by atoms with Crippen molar-refractivity contribution >= 4 is 21.4 Å². The fraction of sp³-hybridized carbons (Fsp3) is 0.217. The van der Waals surface area contributed by atoms with E-state index in [2.05, 4.69) is 10.2 Å². The number of methoxy groups -OCH3 is 2. The van der Waals surface area contributed by atoms with Gasteiger partial charge in [0, 0.05) is 5.02 Å². The summed E-state index contributed by atoms with van der Waals surface area (Å²) in [6, 6.07) is 15.8. The Balaban J connectivity index is 1.73. The van der Waals surface area contributed by atoms with Gasteiger partial charge in [-0.3, -0.25) is 4.57 Å². The molecule has 0 aliphatic rings. The molecule has 8 nitrogen and oxygen atoms in total. The van der Waals surface area contributed by atoms with Crippen LogP contribution in [0.5, 0.6) is 11.5 Å². The number of rotatable bonds is 9. The number of para-hydroxylation sites is 1. The third-order valence-electron chi connectivity index (χ3n) is 5.06. The highest BCUT2D eigenvalue weighted by molar-refractivity contribution is 7.90. The molecular weight excluding hydrogens is 466 g/mol. The number of sulfone groups is 1. The van der Waals surface area contributed by atoms with Gasteiger partial charge >= 0.3 is 0 Å². The number of hydrogen-bond acceptors (Lipinski definition) is 7. The SMILES string of the molecule is COc1cccc(OC)c1-n1c(CS(=O)(=O)CCc2ccc(Cl)cc2)nnc1-c1ccco1. The average Bonchev–Trinajstić information content (AvgIpc) is 3.48. The normalized spacial score (nSPS) is 11.5. The van der Waals surface area contributed by atoms with Crippen molar-refractivity contribution in [2.75, 3.05) is 20.0 Å². The summed E-state index contributed by atoms with van der Waals surface area (Å²) >= 11 is 5.91. The molecule has 4 rings (SSSR count). The lowest BCUT2D eigenvalue weighted by atomic mass is 10.2. The van der Waals surface area contributed by atoms with Gasteiger partial charge in [-0.2, -0.15) is 0 Å². The number of furan rings is 1. The highest BCUT2D eigenvalue weighted by Crippen LogP contribution is 2.36. The van der Waals surface area contributed by atoms with E-state index in [1.165, 1.54) is 20.5 Å². The van der Waals surface area contributed by atoms with Crippen molar-refractivity contribution in [1.29, 1.82) is 0 Å². The Bertz CT molecular complexity index is 1310. The molecule has 10 heteroatoms. The number of aryl methyl sites for hydroxylation is 1. The maximum absolute atomic E-state index is 13.0. The summed E-state index contributed by atoms with van der Waals surface area (Å²) in [5.41, 5.74) is 1.37. The number of halogens is 1. The van der Waals surface area contributed by atoms with Gasteiger partial charge in [0.15, 0.2) is 21.4 Å². The second-order valence-electron chi connectivity index (χ2n) is 7.23. The molecule has 2 heterocycles. The Morgan fingerprint density at radius 3 is 2.27 bits per heavy atom. The summed E-state index contributed by atoms with van der Waals surface area (Å²) < 4.78 is 44.3. The van der Waals surface area contributed by atoms with Gasteiger partial charge in [0.1, 0.15) is 22.9 Å². The maximum atomic E-state index is 13.0. The third kappa shape index (κ3) is 5.04. The van der Waals surface area contributed by atoms with Crippen molar-refractivity contribution in [3.05, 3.63) is 77.3 Å². The van der Waals surface area contributed by atoms with E-state index >= 15 is 0 Å². The zero-order chi connectivity index (χ0) is 23.4. The molecule has 4 aromatic rings. The van der Waals surface area contributed by atoms with Crippen LogP contribution in [0.4, 0.5) is 0 Å². The van der Waals surface area contributed by atoms with Crippen LogP contribution in [0, 0.1) is 0 Å². The van der Waals surface area contributed by atoms with Gasteiger partial charge in [-0.1, -0.05) is 29.8 Å². The van der Waals surface area contributed by atoms with Crippen LogP contribution in [0.3, 0.4) is 0 Å². The van der Waals surface area contributed by atoms with Crippen LogP contribution in [0.25, 0.3) is 17.3 Å². The lowest BCUT2D eigenvalue weighted by Gasteiger charge is -2.16. The maximum Gasteiger partial charge on any atom is 0.204 e. The standard InChI is InChI=1S/C23H22ClN3O5S/c1-30-18-5-3-6-19(31-2)22(18)27-21(25-26-23(27)20-7-4-13-32-20)15-33(28,29)14-12-16-8-10-17(24)11-9-16/h3-11,13H,12,14-15H2,1-2H3. The lowest BCUT2D eigenvalue weighted by Crippen LogP contribution is -2.16. The van der Waals surface area contributed by atoms with Gasteiger partial charge < -0.3 is 13.9 Å². The first-order valence-corrected chi connectivity index (χ1v) is 12.3. The molecule has 2 aromatic carbocycles. The molecule has 0 saturated carbocycles. The Morgan fingerprint density at radius 1 is 0.970 bits per heavy atom. The molecule has 172 valence electrons. The van der Waals surface area contributed by atoms with E-state index < -0.39 is 9.84 Å². The van der Waals surface area contributed by atoms with E-state index in [-0.39, 0.29) is 17.3 Å². The fourth-order valence-electron chi connectivity index (χ4n) is 3.46. The lowest BCUT2D eigenvalue weighted by molar-refractivity contribution is 0.390. The third-order valence-corrected chi connectivity index (χ3v) is 6.84. The molecule has 0 fully saturated rings. The van der Waals surface area contributed by atoms with E-state index in [0.29, 0.717) is 40.2 Å². The van der Waals surface area contributed by atoms with Crippen LogP contribution < -0.4 is 9.47 Å². The van der Waals surface area contributed by atoms with Gasteiger partial charge in [-0.25, -0.2) is 8.42 Å². The Morgan fingerprint density at radius 2 is 1.67 bits per heavy atom. The van der Waals surface area contributed by atoms with E-state index in [4.69, 9.17) is 25.5 Å². The second kappa shape index (κ2) is 9.68. The van der Waals surface area contributed by atoms with Crippen LogP contribution in [0.1, 0.15) is 11.4 Å². The molecule has 0 radical (unpaired) electrons. The van der Waals surface area contributed by atoms with E-state index in [1.54, 1.807) is 47.0 Å². The molecule has 0 bridgehead atoms. The first-order valence-electron chi connectivity index (χ1n) is 10.1. The van der Waals surface area contributed by atoms with Crippen molar-refractivity contribution in [3.8, 4) is 28.8 Å². The molecule has 0 aliphatic carbocycles. The number of nitrogens with zero attached hydrogens (tertiary/aromatic N) is 3. The predicted octanol–water partition coefficient (Wildman–Crippen LogP) is 4.36. The minimum absolute atomic E-state index is 0.0549. The van der Waals surface area contributed by atoms with E-state index in [0.717, 1.165) is 5.56 Å². The quantitative estimate of drug-likeness (QED) is 0.346. The van der Waals surface area contributed by atoms with E-state index in [9.17, 15) is 8.42 Å². The number of benzene rings is 2. The molecule has 0 unspecified atom stereocenters. The van der Waals surface area contributed by atoms with Gasteiger partial charge in [-0.05, 0) is 48.4 Å². The van der Waals surface area contributed by atoms with Crippen molar-refractivity contribution in [2.45, 2.75) is 12.2 Å². The number of aromatic nitrogens is 3. The van der Waals surface area contributed by atoms with Crippen LogP contribution in [-0.2, 0) is 22.0 Å². The minimum Gasteiger partial charge on any atom is -0.494 e. The monoisotopic (exact) mass is 487 g/mol. The van der Waals surface area contributed by atoms with Crippen LogP contribution >= 0.6 is 11.6 Å². The molecule has 0 saturated heterocycles. The molecule has 0 amide bonds. The van der Waals surface area contributed by atoms with Gasteiger partial charge in [0.2, 0.25) is 5.82 Å². The zero-order valence-electron chi connectivity index (χ0n) is 18.1. The van der Waals surface area contributed by atoms with Crippen LogP contribution in [0.2, 0.25) is 5.02 Å².